The predicted octanol–water partition coefficient (Wildman–Crippen LogP) is 1.37. The van der Waals surface area contributed by atoms with Gasteiger partial charge in [-0.25, -0.2) is 0 Å². The predicted molar refractivity (Wildman–Crippen MR) is 82.6 cm³/mol. The number of carbonyl (C=O) groups is 3. The summed E-state index contributed by atoms with van der Waals surface area (Å²) in [6, 6.07) is 6.33. The van der Waals surface area contributed by atoms with E-state index in [1.165, 1.54) is 16.7 Å². The molecule has 114 valence electrons. The Morgan fingerprint density at radius 1 is 1.24 bits per heavy atom. The monoisotopic (exact) mass is 330 g/mol. The van der Waals surface area contributed by atoms with Crippen LogP contribution in [0.4, 0.5) is 5.69 Å². The number of carboxylic acids is 1. The molecule has 0 heterocycles. The second-order valence-electron chi connectivity index (χ2n) is 4.12. The number of nitrogens with zero attached hydrogens (tertiary/aromatic N) is 1. The first kappa shape index (κ1) is 17.3. The van der Waals surface area contributed by atoms with Crippen LogP contribution in [-0.2, 0) is 14.4 Å². The van der Waals surface area contributed by atoms with Crippen molar-refractivity contribution in [2.24, 2.45) is 5.73 Å². The number of halogens is 1. The van der Waals surface area contributed by atoms with Gasteiger partial charge in [-0.05, 0) is 24.3 Å². The van der Waals surface area contributed by atoms with Gasteiger partial charge in [-0.15, -0.1) is 0 Å². The van der Waals surface area contributed by atoms with Crippen molar-refractivity contribution >= 4 is 46.8 Å². The number of hydrogen-bond acceptors (Lipinski definition) is 4. The third-order valence-corrected chi connectivity index (χ3v) is 3.67. The Morgan fingerprint density at radius 2 is 1.86 bits per heavy atom. The van der Waals surface area contributed by atoms with Crippen LogP contribution in [0.15, 0.2) is 24.3 Å². The molecule has 0 aliphatic rings. The van der Waals surface area contributed by atoms with E-state index in [-0.39, 0.29) is 18.1 Å². The van der Waals surface area contributed by atoms with Crippen LogP contribution < -0.4 is 10.6 Å². The van der Waals surface area contributed by atoms with E-state index in [0.29, 0.717) is 16.5 Å². The van der Waals surface area contributed by atoms with E-state index in [9.17, 15) is 14.4 Å². The van der Waals surface area contributed by atoms with Crippen LogP contribution in [-0.4, -0.2) is 40.9 Å². The molecule has 0 fully saturated rings. The quantitative estimate of drug-likeness (QED) is 0.701. The lowest BCUT2D eigenvalue weighted by Gasteiger charge is -2.20. The van der Waals surface area contributed by atoms with Crippen molar-refractivity contribution in [1.29, 1.82) is 0 Å². The number of nitrogens with two attached hydrogens (primary N) is 1. The van der Waals surface area contributed by atoms with Crippen LogP contribution in [0, 0.1) is 0 Å². The third-order valence-electron chi connectivity index (χ3n) is 2.44. The molecule has 0 spiro atoms. The Bertz CT molecular complexity index is 521. The summed E-state index contributed by atoms with van der Waals surface area (Å²) in [6.45, 7) is -0.430. The molecule has 8 heteroatoms. The average Bonchev–Trinajstić information content (AvgIpc) is 2.41. The molecule has 0 unspecified atom stereocenters. The van der Waals surface area contributed by atoms with Gasteiger partial charge in [0.15, 0.2) is 0 Å². The Kier molecular flexibility index (Phi) is 7.04. The molecule has 2 amide bonds. The van der Waals surface area contributed by atoms with Gasteiger partial charge < -0.3 is 15.7 Å². The summed E-state index contributed by atoms with van der Waals surface area (Å²) in [5.41, 5.74) is 5.46. The molecule has 0 saturated heterocycles. The maximum Gasteiger partial charge on any atom is 0.323 e. The van der Waals surface area contributed by atoms with Crippen molar-refractivity contribution in [3.63, 3.8) is 0 Å². The van der Waals surface area contributed by atoms with E-state index < -0.39 is 18.4 Å². The van der Waals surface area contributed by atoms with Gasteiger partial charge in [0.2, 0.25) is 11.8 Å². The summed E-state index contributed by atoms with van der Waals surface area (Å²) in [5, 5.41) is 9.41. The molecule has 0 aromatic heterocycles. The number of thioether (sulfide) groups is 1. The number of aliphatic carboxylic acids is 1. The summed E-state index contributed by atoms with van der Waals surface area (Å²) in [7, 11) is 0. The van der Waals surface area contributed by atoms with Crippen LogP contribution in [0.3, 0.4) is 0 Å². The molecular formula is C13H15ClN2O4S. The fourth-order valence-electron chi connectivity index (χ4n) is 1.55. The second-order valence-corrected chi connectivity index (χ2v) is 5.66. The zero-order valence-electron chi connectivity index (χ0n) is 11.1. The minimum Gasteiger partial charge on any atom is -0.480 e. The lowest BCUT2D eigenvalue weighted by molar-refractivity contribution is -0.136. The molecule has 3 N–H and O–H groups in total. The number of hydrogen-bond donors (Lipinski definition) is 2. The van der Waals surface area contributed by atoms with E-state index in [2.05, 4.69) is 0 Å². The van der Waals surface area contributed by atoms with E-state index in [4.69, 9.17) is 22.4 Å². The number of primary amides is 1. The summed E-state index contributed by atoms with van der Waals surface area (Å²) >= 11 is 7.00. The topological polar surface area (TPSA) is 101 Å². The molecule has 0 saturated carbocycles. The smallest absolute Gasteiger partial charge is 0.323 e. The molecule has 0 bridgehead atoms. The second kappa shape index (κ2) is 8.53. The Balaban J connectivity index is 2.68. The first-order valence-electron chi connectivity index (χ1n) is 6.04. The van der Waals surface area contributed by atoms with Gasteiger partial charge in [0, 0.05) is 22.9 Å². The van der Waals surface area contributed by atoms with E-state index >= 15 is 0 Å². The number of benzene rings is 1. The molecule has 21 heavy (non-hydrogen) atoms. The zero-order valence-corrected chi connectivity index (χ0v) is 12.7. The summed E-state index contributed by atoms with van der Waals surface area (Å²) in [4.78, 5) is 34.8. The van der Waals surface area contributed by atoms with Crippen LogP contribution in [0.2, 0.25) is 5.02 Å². The van der Waals surface area contributed by atoms with Gasteiger partial charge >= 0.3 is 5.97 Å². The fraction of sp³-hybridized carbons (Fsp3) is 0.308. The van der Waals surface area contributed by atoms with Crippen LogP contribution in [0.5, 0.6) is 0 Å². The van der Waals surface area contributed by atoms with Crippen LogP contribution in [0.25, 0.3) is 0 Å². The van der Waals surface area contributed by atoms with Crippen molar-refractivity contribution in [3.8, 4) is 0 Å². The highest BCUT2D eigenvalue weighted by Gasteiger charge is 2.18. The molecule has 1 aromatic rings. The van der Waals surface area contributed by atoms with Crippen molar-refractivity contribution in [1.82, 2.24) is 0 Å². The summed E-state index contributed by atoms with van der Waals surface area (Å²) in [5.74, 6) is -1.37. The molecule has 1 rings (SSSR count). The van der Waals surface area contributed by atoms with Gasteiger partial charge in [-0.3, -0.25) is 14.4 Å². The number of anilines is 1. The molecule has 6 nitrogen and oxygen atoms in total. The lowest BCUT2D eigenvalue weighted by atomic mass is 10.2. The number of rotatable bonds is 8. The number of carbonyl (C=O) groups excluding carboxylic acids is 2. The fourth-order valence-corrected chi connectivity index (χ4v) is 2.34. The van der Waals surface area contributed by atoms with Crippen molar-refractivity contribution in [3.05, 3.63) is 29.3 Å². The Morgan fingerprint density at radius 3 is 2.38 bits per heavy atom. The first-order valence-corrected chi connectivity index (χ1v) is 7.57. The minimum atomic E-state index is -1.11. The minimum absolute atomic E-state index is 0.119. The summed E-state index contributed by atoms with van der Waals surface area (Å²) in [6.07, 6.45) is 0.119. The van der Waals surface area contributed by atoms with Crippen molar-refractivity contribution in [2.45, 2.75) is 6.42 Å². The maximum absolute atomic E-state index is 12.1. The highest BCUT2D eigenvalue weighted by Crippen LogP contribution is 2.19. The molecule has 1 aromatic carbocycles. The highest BCUT2D eigenvalue weighted by atomic mass is 35.5. The van der Waals surface area contributed by atoms with Crippen LogP contribution in [0.1, 0.15) is 6.42 Å². The van der Waals surface area contributed by atoms with Crippen LogP contribution >= 0.6 is 23.4 Å². The van der Waals surface area contributed by atoms with E-state index in [1.54, 1.807) is 24.3 Å². The maximum atomic E-state index is 12.1. The Hall–Kier alpha value is -1.73. The first-order chi connectivity index (χ1) is 9.90. The van der Waals surface area contributed by atoms with Gasteiger partial charge in [0.1, 0.15) is 6.54 Å². The number of carboxylic acid groups (broad SMARTS) is 1. The zero-order chi connectivity index (χ0) is 15.8. The van der Waals surface area contributed by atoms with Gasteiger partial charge in [-0.1, -0.05) is 11.6 Å². The molecule has 0 aliphatic heterocycles. The van der Waals surface area contributed by atoms with E-state index in [0.717, 1.165) is 0 Å². The molecule has 0 atom stereocenters. The molecule has 0 aliphatic carbocycles. The standard InChI is InChI=1S/C13H15ClN2O4S/c14-9-1-3-10(4-2-9)16(7-13(19)20)12(18)5-6-21-8-11(15)17/h1-4H,5-8H2,(H2,15,17)(H,19,20). The lowest BCUT2D eigenvalue weighted by Crippen LogP contribution is -2.36. The SMILES string of the molecule is NC(=O)CSCCC(=O)N(CC(=O)O)c1ccc(Cl)cc1. The normalized spacial score (nSPS) is 10.1. The van der Waals surface area contributed by atoms with Gasteiger partial charge in [-0.2, -0.15) is 11.8 Å². The molecule has 0 radical (unpaired) electrons. The number of amides is 2. The Labute approximate surface area is 131 Å². The highest BCUT2D eigenvalue weighted by molar-refractivity contribution is 7.99. The van der Waals surface area contributed by atoms with Crippen molar-refractivity contribution in [2.75, 3.05) is 23.0 Å². The van der Waals surface area contributed by atoms with E-state index in [1.807, 2.05) is 0 Å². The van der Waals surface area contributed by atoms with Crippen molar-refractivity contribution < 1.29 is 19.5 Å². The van der Waals surface area contributed by atoms with Gasteiger partial charge in [0.25, 0.3) is 0 Å². The molecular weight excluding hydrogens is 316 g/mol. The average molecular weight is 331 g/mol. The third kappa shape index (κ3) is 6.50. The summed E-state index contributed by atoms with van der Waals surface area (Å²) < 4.78 is 0. The van der Waals surface area contributed by atoms with Gasteiger partial charge in [0.05, 0.1) is 5.75 Å². The largest absolute Gasteiger partial charge is 0.480 e.